The number of carbonyl (C=O) groups excluding carboxylic acids is 1. The highest BCUT2D eigenvalue weighted by Gasteiger charge is 2.18. The minimum atomic E-state index is -0.401. The molecule has 1 aromatic carbocycles. The zero-order chi connectivity index (χ0) is 17.7. The van der Waals surface area contributed by atoms with Crippen LogP contribution in [0.3, 0.4) is 0 Å². The number of pyridine rings is 1. The van der Waals surface area contributed by atoms with Crippen LogP contribution in [-0.4, -0.2) is 30.7 Å². The van der Waals surface area contributed by atoms with E-state index in [0.29, 0.717) is 12.1 Å². The van der Waals surface area contributed by atoms with Crippen molar-refractivity contribution in [3.63, 3.8) is 0 Å². The van der Waals surface area contributed by atoms with E-state index in [1.54, 1.807) is 6.20 Å². The molecule has 2 rings (SSSR count). The van der Waals surface area contributed by atoms with Crippen LogP contribution in [0.4, 0.5) is 11.4 Å². The molecular formula is C19H24N2O3. The van der Waals surface area contributed by atoms with E-state index in [-0.39, 0.29) is 6.10 Å². The minimum absolute atomic E-state index is 0.0978. The molecule has 0 amide bonds. The Labute approximate surface area is 143 Å². The van der Waals surface area contributed by atoms with Crippen LogP contribution in [0.25, 0.3) is 0 Å². The standard InChI is InChI=1S/C19H24N2O3/c1-6-21(17-9-10-20-12-16(17)19(22)23-5)15-8-7-14(4)18(11-15)24-13(2)3/h7-13H,6H2,1-5H3. The van der Waals surface area contributed by atoms with E-state index in [0.717, 1.165) is 22.7 Å². The third-order valence-corrected chi connectivity index (χ3v) is 3.66. The zero-order valence-corrected chi connectivity index (χ0v) is 14.9. The van der Waals surface area contributed by atoms with Gasteiger partial charge in [0.1, 0.15) is 11.3 Å². The summed E-state index contributed by atoms with van der Waals surface area (Å²) < 4.78 is 10.8. The van der Waals surface area contributed by atoms with Gasteiger partial charge in [-0.25, -0.2) is 4.79 Å². The summed E-state index contributed by atoms with van der Waals surface area (Å²) in [5, 5.41) is 0. The maximum Gasteiger partial charge on any atom is 0.341 e. The van der Waals surface area contributed by atoms with Gasteiger partial charge in [0.05, 0.1) is 18.9 Å². The number of ether oxygens (including phenoxy) is 2. The van der Waals surface area contributed by atoms with Gasteiger partial charge < -0.3 is 14.4 Å². The average Bonchev–Trinajstić information content (AvgIpc) is 2.57. The molecule has 0 aliphatic rings. The van der Waals surface area contributed by atoms with Crippen molar-refractivity contribution in [1.82, 2.24) is 4.98 Å². The molecule has 0 bridgehead atoms. The van der Waals surface area contributed by atoms with Crippen molar-refractivity contribution in [2.75, 3.05) is 18.6 Å². The fraction of sp³-hybridized carbons (Fsp3) is 0.368. The van der Waals surface area contributed by atoms with Gasteiger partial charge in [-0.15, -0.1) is 0 Å². The monoisotopic (exact) mass is 328 g/mol. The molecule has 1 heterocycles. The molecule has 2 aromatic rings. The van der Waals surface area contributed by atoms with E-state index in [2.05, 4.69) is 4.98 Å². The molecule has 0 radical (unpaired) electrons. The molecule has 128 valence electrons. The Balaban J connectivity index is 2.48. The molecule has 5 nitrogen and oxygen atoms in total. The number of anilines is 2. The summed E-state index contributed by atoms with van der Waals surface area (Å²) in [6, 6.07) is 7.86. The lowest BCUT2D eigenvalue weighted by Gasteiger charge is -2.26. The van der Waals surface area contributed by atoms with E-state index in [9.17, 15) is 4.79 Å². The number of nitrogens with zero attached hydrogens (tertiary/aromatic N) is 2. The van der Waals surface area contributed by atoms with Crippen LogP contribution in [0.15, 0.2) is 36.7 Å². The minimum Gasteiger partial charge on any atom is -0.491 e. The fourth-order valence-corrected chi connectivity index (χ4v) is 2.52. The van der Waals surface area contributed by atoms with Gasteiger partial charge in [-0.1, -0.05) is 6.07 Å². The summed E-state index contributed by atoms with van der Waals surface area (Å²) in [6.07, 6.45) is 3.30. The molecule has 0 fully saturated rings. The molecule has 0 aliphatic carbocycles. The van der Waals surface area contributed by atoms with Crippen molar-refractivity contribution in [3.05, 3.63) is 47.8 Å². The van der Waals surface area contributed by atoms with E-state index >= 15 is 0 Å². The number of rotatable bonds is 6. The molecule has 0 saturated heterocycles. The van der Waals surface area contributed by atoms with Crippen molar-refractivity contribution in [2.24, 2.45) is 0 Å². The van der Waals surface area contributed by atoms with Gasteiger partial charge in [0.2, 0.25) is 0 Å². The highest BCUT2D eigenvalue weighted by Crippen LogP contribution is 2.32. The average molecular weight is 328 g/mol. The normalized spacial score (nSPS) is 10.6. The van der Waals surface area contributed by atoms with Crippen LogP contribution in [0, 0.1) is 6.92 Å². The summed E-state index contributed by atoms with van der Waals surface area (Å²) >= 11 is 0. The topological polar surface area (TPSA) is 51.7 Å². The predicted octanol–water partition coefficient (Wildman–Crippen LogP) is 4.12. The molecule has 0 N–H and O–H groups in total. The number of benzene rings is 1. The van der Waals surface area contributed by atoms with Crippen LogP contribution in [0.5, 0.6) is 5.75 Å². The van der Waals surface area contributed by atoms with Gasteiger partial charge >= 0.3 is 5.97 Å². The summed E-state index contributed by atoms with van der Waals surface area (Å²) in [7, 11) is 1.37. The lowest BCUT2D eigenvalue weighted by Crippen LogP contribution is -2.20. The van der Waals surface area contributed by atoms with Gasteiger partial charge in [0, 0.05) is 30.7 Å². The highest BCUT2D eigenvalue weighted by molar-refractivity contribution is 5.96. The third kappa shape index (κ3) is 3.85. The van der Waals surface area contributed by atoms with Crippen molar-refractivity contribution in [3.8, 4) is 5.75 Å². The smallest absolute Gasteiger partial charge is 0.341 e. The molecule has 1 aromatic heterocycles. The van der Waals surface area contributed by atoms with Gasteiger partial charge in [-0.3, -0.25) is 4.98 Å². The Kier molecular flexibility index (Phi) is 5.79. The number of hydrogen-bond acceptors (Lipinski definition) is 5. The van der Waals surface area contributed by atoms with E-state index < -0.39 is 5.97 Å². The lowest BCUT2D eigenvalue weighted by molar-refractivity contribution is 0.0601. The first kappa shape index (κ1) is 17.8. The van der Waals surface area contributed by atoms with Gasteiger partial charge in [0.15, 0.2) is 0 Å². The molecule has 0 saturated carbocycles. The fourth-order valence-electron chi connectivity index (χ4n) is 2.52. The number of hydrogen-bond donors (Lipinski definition) is 0. The molecule has 5 heteroatoms. The van der Waals surface area contributed by atoms with Gasteiger partial charge in [-0.05, 0) is 45.4 Å². The van der Waals surface area contributed by atoms with E-state index in [1.807, 2.05) is 56.9 Å². The number of esters is 1. The third-order valence-electron chi connectivity index (χ3n) is 3.66. The molecule has 24 heavy (non-hydrogen) atoms. The quantitative estimate of drug-likeness (QED) is 0.747. The second kappa shape index (κ2) is 7.81. The Hall–Kier alpha value is -2.56. The SMILES string of the molecule is CCN(c1ccc(C)c(OC(C)C)c1)c1ccncc1C(=O)OC. The number of aromatic nitrogens is 1. The van der Waals surface area contributed by atoms with E-state index in [1.165, 1.54) is 13.3 Å². The van der Waals surface area contributed by atoms with Crippen molar-refractivity contribution >= 4 is 17.3 Å². The molecule has 0 aliphatic heterocycles. The lowest BCUT2D eigenvalue weighted by atomic mass is 10.1. The first-order valence-corrected chi connectivity index (χ1v) is 8.05. The van der Waals surface area contributed by atoms with Crippen LogP contribution in [-0.2, 0) is 4.74 Å². The Morgan fingerprint density at radius 1 is 1.29 bits per heavy atom. The second-order valence-electron chi connectivity index (χ2n) is 5.75. The Morgan fingerprint density at radius 2 is 2.04 bits per heavy atom. The van der Waals surface area contributed by atoms with E-state index in [4.69, 9.17) is 9.47 Å². The molecule has 0 atom stereocenters. The first-order chi connectivity index (χ1) is 11.5. The summed E-state index contributed by atoms with van der Waals surface area (Å²) in [5.41, 5.74) is 3.23. The maximum absolute atomic E-state index is 12.0. The Bertz CT molecular complexity index is 714. The number of aryl methyl sites for hydroxylation is 1. The van der Waals surface area contributed by atoms with Crippen molar-refractivity contribution in [1.29, 1.82) is 0 Å². The largest absolute Gasteiger partial charge is 0.491 e. The molecule has 0 unspecified atom stereocenters. The second-order valence-corrected chi connectivity index (χ2v) is 5.75. The van der Waals surface area contributed by atoms with Crippen molar-refractivity contribution in [2.45, 2.75) is 33.8 Å². The summed E-state index contributed by atoms with van der Waals surface area (Å²) in [4.78, 5) is 18.1. The zero-order valence-electron chi connectivity index (χ0n) is 14.9. The molecule has 0 spiro atoms. The van der Waals surface area contributed by atoms with Crippen LogP contribution < -0.4 is 9.64 Å². The summed E-state index contributed by atoms with van der Waals surface area (Å²) in [5.74, 6) is 0.442. The van der Waals surface area contributed by atoms with Crippen LogP contribution in [0.1, 0.15) is 36.7 Å². The number of carbonyl (C=O) groups is 1. The van der Waals surface area contributed by atoms with Crippen LogP contribution >= 0.6 is 0 Å². The first-order valence-electron chi connectivity index (χ1n) is 8.05. The van der Waals surface area contributed by atoms with Gasteiger partial charge in [-0.2, -0.15) is 0 Å². The van der Waals surface area contributed by atoms with Crippen LogP contribution in [0.2, 0.25) is 0 Å². The maximum atomic E-state index is 12.0. The van der Waals surface area contributed by atoms with Gasteiger partial charge in [0.25, 0.3) is 0 Å². The highest BCUT2D eigenvalue weighted by atomic mass is 16.5. The Morgan fingerprint density at radius 3 is 2.67 bits per heavy atom. The predicted molar refractivity (Wildman–Crippen MR) is 95.2 cm³/mol. The summed E-state index contributed by atoms with van der Waals surface area (Å²) in [6.45, 7) is 8.75. The van der Waals surface area contributed by atoms with Crippen molar-refractivity contribution < 1.29 is 14.3 Å². The molecular weight excluding hydrogens is 304 g/mol. The number of methoxy groups -OCH3 is 1.